The third-order valence-electron chi connectivity index (χ3n) is 3.19. The van der Waals surface area contributed by atoms with Crippen LogP contribution in [-0.4, -0.2) is 7.11 Å². The average molecular weight is 282 g/mol. The molecule has 0 atom stereocenters. The maximum Gasteiger partial charge on any atom is 0.235 e. The Morgan fingerprint density at radius 3 is 2.48 bits per heavy atom. The Balaban J connectivity index is 2.14. The highest BCUT2D eigenvalue weighted by Crippen LogP contribution is 2.26. The van der Waals surface area contributed by atoms with E-state index in [1.54, 1.807) is 44.4 Å². The first-order chi connectivity index (χ1) is 10.2. The summed E-state index contributed by atoms with van der Waals surface area (Å²) in [4.78, 5) is 12.5. The lowest BCUT2D eigenvalue weighted by Crippen LogP contribution is -2.07. The number of hydrogen-bond acceptors (Lipinski definition) is 4. The van der Waals surface area contributed by atoms with Crippen LogP contribution in [0.1, 0.15) is 5.76 Å². The molecule has 1 heterocycles. The van der Waals surface area contributed by atoms with E-state index in [1.165, 1.54) is 0 Å². The van der Waals surface area contributed by atoms with Crippen LogP contribution in [0.3, 0.4) is 0 Å². The van der Waals surface area contributed by atoms with Gasteiger partial charge in [-0.2, -0.15) is 0 Å². The maximum absolute atomic E-state index is 12.5. The molecule has 2 aromatic carbocycles. The van der Waals surface area contributed by atoms with E-state index in [9.17, 15) is 4.79 Å². The summed E-state index contributed by atoms with van der Waals surface area (Å²) in [6, 6.07) is 14.2. The second-order valence-electron chi connectivity index (χ2n) is 4.59. The molecule has 4 heteroatoms. The lowest BCUT2D eigenvalue weighted by molar-refractivity contribution is 0.412. The van der Waals surface area contributed by atoms with Crippen molar-refractivity contribution in [3.05, 3.63) is 64.5 Å². The first-order valence-corrected chi connectivity index (χ1v) is 6.53. The van der Waals surface area contributed by atoms with Gasteiger partial charge < -0.3 is 13.9 Å². The number of ether oxygens (including phenoxy) is 2. The van der Waals surface area contributed by atoms with Gasteiger partial charge in [-0.05, 0) is 31.2 Å². The van der Waals surface area contributed by atoms with Gasteiger partial charge in [-0.1, -0.05) is 18.2 Å². The highest BCUT2D eigenvalue weighted by atomic mass is 16.5. The standard InChI is InChI=1S/C17H14O4/c1-11-17(21-12-6-4-3-5-7-12)16(18)14-9-8-13(19-2)10-15(14)20-11/h3-10H,1-2H3. The molecule has 0 saturated carbocycles. The van der Waals surface area contributed by atoms with E-state index in [0.29, 0.717) is 28.2 Å². The second kappa shape index (κ2) is 5.32. The van der Waals surface area contributed by atoms with Crippen LogP contribution in [0.15, 0.2) is 57.7 Å². The normalized spacial score (nSPS) is 10.6. The quantitative estimate of drug-likeness (QED) is 0.731. The van der Waals surface area contributed by atoms with Crippen molar-refractivity contribution in [3.63, 3.8) is 0 Å². The molecule has 0 spiro atoms. The SMILES string of the molecule is COc1ccc2c(=O)c(Oc3ccccc3)c(C)oc2c1. The van der Waals surface area contributed by atoms with Crippen molar-refractivity contribution < 1.29 is 13.9 Å². The number of aryl methyl sites for hydroxylation is 1. The lowest BCUT2D eigenvalue weighted by atomic mass is 10.2. The molecule has 106 valence electrons. The Hall–Kier alpha value is -2.75. The monoisotopic (exact) mass is 282 g/mol. The number of benzene rings is 2. The van der Waals surface area contributed by atoms with Gasteiger partial charge in [-0.3, -0.25) is 4.79 Å². The van der Waals surface area contributed by atoms with Crippen molar-refractivity contribution >= 4 is 11.0 Å². The van der Waals surface area contributed by atoms with Crippen LogP contribution in [-0.2, 0) is 0 Å². The first kappa shape index (κ1) is 13.2. The zero-order valence-corrected chi connectivity index (χ0v) is 11.8. The van der Waals surface area contributed by atoms with Gasteiger partial charge in [0.1, 0.15) is 22.8 Å². The minimum atomic E-state index is -0.194. The van der Waals surface area contributed by atoms with Gasteiger partial charge in [-0.25, -0.2) is 0 Å². The molecule has 0 aliphatic heterocycles. The number of rotatable bonds is 3. The molecule has 0 radical (unpaired) electrons. The van der Waals surface area contributed by atoms with Crippen molar-refractivity contribution in [1.82, 2.24) is 0 Å². The fourth-order valence-corrected chi connectivity index (χ4v) is 2.12. The van der Waals surface area contributed by atoms with Crippen molar-refractivity contribution in [3.8, 4) is 17.2 Å². The van der Waals surface area contributed by atoms with Crippen LogP contribution in [0, 0.1) is 6.92 Å². The summed E-state index contributed by atoms with van der Waals surface area (Å²) in [6.45, 7) is 1.71. The molecule has 3 aromatic rings. The van der Waals surface area contributed by atoms with Crippen molar-refractivity contribution in [2.24, 2.45) is 0 Å². The summed E-state index contributed by atoms with van der Waals surface area (Å²) in [7, 11) is 1.57. The van der Waals surface area contributed by atoms with Crippen LogP contribution in [0.25, 0.3) is 11.0 Å². The molecule has 0 saturated heterocycles. The molecule has 3 rings (SSSR count). The Labute approximate surface area is 121 Å². The molecule has 0 N–H and O–H groups in total. The third-order valence-corrected chi connectivity index (χ3v) is 3.19. The van der Waals surface area contributed by atoms with E-state index < -0.39 is 0 Å². The van der Waals surface area contributed by atoms with Gasteiger partial charge in [0.05, 0.1) is 12.5 Å². The topological polar surface area (TPSA) is 48.7 Å². The molecule has 0 amide bonds. The third kappa shape index (κ3) is 2.48. The number of hydrogen-bond donors (Lipinski definition) is 0. The van der Waals surface area contributed by atoms with E-state index >= 15 is 0 Å². The first-order valence-electron chi connectivity index (χ1n) is 6.53. The molecule has 0 bridgehead atoms. The summed E-state index contributed by atoms with van der Waals surface area (Å²) in [6.07, 6.45) is 0. The van der Waals surface area contributed by atoms with Crippen molar-refractivity contribution in [2.45, 2.75) is 6.92 Å². The van der Waals surface area contributed by atoms with E-state index in [-0.39, 0.29) is 11.2 Å². The van der Waals surface area contributed by atoms with Crippen molar-refractivity contribution in [2.75, 3.05) is 7.11 Å². The van der Waals surface area contributed by atoms with Gasteiger partial charge in [-0.15, -0.1) is 0 Å². The zero-order valence-electron chi connectivity index (χ0n) is 11.8. The molecule has 21 heavy (non-hydrogen) atoms. The Morgan fingerprint density at radius 2 is 1.76 bits per heavy atom. The van der Waals surface area contributed by atoms with Crippen LogP contribution >= 0.6 is 0 Å². The summed E-state index contributed by atoms with van der Waals surface area (Å²) in [5, 5.41) is 0.465. The van der Waals surface area contributed by atoms with Gasteiger partial charge in [0.15, 0.2) is 0 Å². The molecule has 0 aliphatic rings. The second-order valence-corrected chi connectivity index (χ2v) is 4.59. The van der Waals surface area contributed by atoms with Crippen LogP contribution in [0.4, 0.5) is 0 Å². The predicted molar refractivity (Wildman–Crippen MR) is 80.3 cm³/mol. The predicted octanol–water partition coefficient (Wildman–Crippen LogP) is 3.90. The maximum atomic E-state index is 12.5. The van der Waals surface area contributed by atoms with Crippen LogP contribution in [0.5, 0.6) is 17.2 Å². The summed E-state index contributed by atoms with van der Waals surface area (Å²) in [5.74, 6) is 1.88. The molecule has 0 unspecified atom stereocenters. The van der Waals surface area contributed by atoms with Gasteiger partial charge in [0.2, 0.25) is 11.2 Å². The minimum Gasteiger partial charge on any atom is -0.497 e. The summed E-state index contributed by atoms with van der Waals surface area (Å²) in [5.41, 5.74) is 0.289. The lowest BCUT2D eigenvalue weighted by Gasteiger charge is -2.09. The Morgan fingerprint density at radius 1 is 1.00 bits per heavy atom. The molecule has 1 aromatic heterocycles. The molecule has 4 nitrogen and oxygen atoms in total. The fourth-order valence-electron chi connectivity index (χ4n) is 2.12. The van der Waals surface area contributed by atoms with E-state index in [2.05, 4.69) is 0 Å². The summed E-state index contributed by atoms with van der Waals surface area (Å²) < 4.78 is 16.5. The number of methoxy groups -OCH3 is 1. The Kier molecular flexibility index (Phi) is 3.36. The van der Waals surface area contributed by atoms with Gasteiger partial charge in [0, 0.05) is 6.07 Å². The number of para-hydroxylation sites is 1. The smallest absolute Gasteiger partial charge is 0.235 e. The van der Waals surface area contributed by atoms with E-state index in [1.807, 2.05) is 18.2 Å². The molecular weight excluding hydrogens is 268 g/mol. The fraction of sp³-hybridized carbons (Fsp3) is 0.118. The molecule has 0 aliphatic carbocycles. The van der Waals surface area contributed by atoms with Crippen molar-refractivity contribution in [1.29, 1.82) is 0 Å². The number of fused-ring (bicyclic) bond motifs is 1. The van der Waals surface area contributed by atoms with E-state index in [4.69, 9.17) is 13.9 Å². The average Bonchev–Trinajstić information content (AvgIpc) is 2.52. The highest BCUT2D eigenvalue weighted by molar-refractivity contribution is 5.79. The van der Waals surface area contributed by atoms with Gasteiger partial charge >= 0.3 is 0 Å². The zero-order chi connectivity index (χ0) is 14.8. The molecule has 0 fully saturated rings. The van der Waals surface area contributed by atoms with E-state index in [0.717, 1.165) is 0 Å². The largest absolute Gasteiger partial charge is 0.497 e. The highest BCUT2D eigenvalue weighted by Gasteiger charge is 2.14. The van der Waals surface area contributed by atoms with Gasteiger partial charge in [0.25, 0.3) is 0 Å². The molecular formula is C17H14O4. The van der Waals surface area contributed by atoms with Crippen LogP contribution < -0.4 is 14.9 Å². The van der Waals surface area contributed by atoms with Crippen LogP contribution in [0.2, 0.25) is 0 Å². The minimum absolute atomic E-state index is 0.194. The Bertz CT molecular complexity index is 835. The summed E-state index contributed by atoms with van der Waals surface area (Å²) >= 11 is 0.